The zero-order valence-electron chi connectivity index (χ0n) is 11.3. The predicted molar refractivity (Wildman–Crippen MR) is 75.8 cm³/mol. The van der Waals surface area contributed by atoms with E-state index in [1.54, 1.807) is 13.2 Å². The fraction of sp³-hybridized carbons (Fsp3) is 0.312. The van der Waals surface area contributed by atoms with E-state index in [1.807, 2.05) is 18.2 Å². The van der Waals surface area contributed by atoms with Crippen molar-refractivity contribution in [1.82, 2.24) is 0 Å². The van der Waals surface area contributed by atoms with E-state index in [0.29, 0.717) is 11.3 Å². The topological polar surface area (TPSA) is 35.5 Å². The third-order valence-corrected chi connectivity index (χ3v) is 3.08. The maximum Gasteiger partial charge on any atom is 0.188 e. The van der Waals surface area contributed by atoms with Gasteiger partial charge in [0.05, 0.1) is 5.56 Å². The lowest BCUT2D eigenvalue weighted by molar-refractivity contribution is 0.0516. The van der Waals surface area contributed by atoms with Crippen LogP contribution in [0.3, 0.4) is 0 Å². The molecule has 3 nitrogen and oxygen atoms in total. The summed E-state index contributed by atoms with van der Waals surface area (Å²) in [6, 6.07) is 9.89. The third-order valence-electron chi connectivity index (χ3n) is 3.08. The first-order chi connectivity index (χ1) is 9.31. The maximum absolute atomic E-state index is 11.2. The molecule has 0 radical (unpaired) electrons. The second kappa shape index (κ2) is 6.34. The quantitative estimate of drug-likeness (QED) is 0.586. The second-order valence-electron chi connectivity index (χ2n) is 4.42. The van der Waals surface area contributed by atoms with Crippen molar-refractivity contribution in [3.63, 3.8) is 0 Å². The highest BCUT2D eigenvalue weighted by Gasteiger charge is 2.12. The summed E-state index contributed by atoms with van der Waals surface area (Å²) in [4.78, 5) is 11.2. The monoisotopic (exact) mass is 258 g/mol. The highest BCUT2D eigenvalue weighted by molar-refractivity contribution is 5.98. The molecule has 0 saturated heterocycles. The Morgan fingerprint density at radius 2 is 2.05 bits per heavy atom. The summed E-state index contributed by atoms with van der Waals surface area (Å²) >= 11 is 0. The average Bonchev–Trinajstić information content (AvgIpc) is 2.45. The van der Waals surface area contributed by atoms with E-state index in [1.165, 1.54) is 5.56 Å². The fourth-order valence-corrected chi connectivity index (χ4v) is 2.28. The van der Waals surface area contributed by atoms with Gasteiger partial charge in [-0.05, 0) is 23.4 Å². The summed E-state index contributed by atoms with van der Waals surface area (Å²) in [5.41, 5.74) is 1.77. The third kappa shape index (κ3) is 2.76. The number of rotatable bonds is 6. The number of ether oxygens (including phenoxy) is 2. The number of hydrogen-bond donors (Lipinski definition) is 0. The normalized spacial score (nSPS) is 10.6. The number of methoxy groups -OCH3 is 1. The Balaban J connectivity index is 2.65. The van der Waals surface area contributed by atoms with Crippen molar-refractivity contribution in [3.8, 4) is 5.75 Å². The minimum Gasteiger partial charge on any atom is -0.466 e. The highest BCUT2D eigenvalue weighted by atomic mass is 16.7. The van der Waals surface area contributed by atoms with Crippen LogP contribution in [0.5, 0.6) is 5.75 Å². The molecule has 100 valence electrons. The molecule has 0 amide bonds. The number of aldehydes is 1. The molecule has 0 bridgehead atoms. The van der Waals surface area contributed by atoms with Crippen molar-refractivity contribution in [2.75, 3.05) is 13.9 Å². The van der Waals surface area contributed by atoms with Crippen LogP contribution in [-0.4, -0.2) is 20.2 Å². The van der Waals surface area contributed by atoms with E-state index >= 15 is 0 Å². The molecule has 2 aromatic carbocycles. The van der Waals surface area contributed by atoms with Gasteiger partial charge in [0.1, 0.15) is 5.75 Å². The number of carbonyl (C=O) groups is 1. The molecular formula is C16H18O3. The molecule has 0 aliphatic rings. The molecular weight excluding hydrogens is 240 g/mol. The lowest BCUT2D eigenvalue weighted by Crippen LogP contribution is -2.03. The highest BCUT2D eigenvalue weighted by Crippen LogP contribution is 2.32. The van der Waals surface area contributed by atoms with E-state index in [0.717, 1.165) is 29.9 Å². The molecule has 2 aromatic rings. The zero-order valence-corrected chi connectivity index (χ0v) is 11.3. The van der Waals surface area contributed by atoms with E-state index in [-0.39, 0.29) is 6.79 Å². The van der Waals surface area contributed by atoms with Gasteiger partial charge in [-0.1, -0.05) is 37.6 Å². The van der Waals surface area contributed by atoms with Gasteiger partial charge in [-0.2, -0.15) is 0 Å². The summed E-state index contributed by atoms with van der Waals surface area (Å²) < 4.78 is 10.6. The van der Waals surface area contributed by atoms with Crippen LogP contribution in [0.15, 0.2) is 30.3 Å². The number of carbonyl (C=O) groups excluding carboxylic acids is 1. The first-order valence-electron chi connectivity index (χ1n) is 6.43. The molecule has 0 heterocycles. The maximum atomic E-state index is 11.2. The molecule has 3 heteroatoms. The molecule has 0 aromatic heterocycles. The minimum absolute atomic E-state index is 0.139. The van der Waals surface area contributed by atoms with Crippen molar-refractivity contribution >= 4 is 17.1 Å². The van der Waals surface area contributed by atoms with Crippen molar-refractivity contribution in [2.45, 2.75) is 19.8 Å². The van der Waals surface area contributed by atoms with Gasteiger partial charge in [-0.3, -0.25) is 4.79 Å². The Bertz CT molecular complexity index is 575. The predicted octanol–water partition coefficient (Wildman–Crippen LogP) is 3.59. The molecule has 0 atom stereocenters. The van der Waals surface area contributed by atoms with Crippen LogP contribution in [0.25, 0.3) is 10.8 Å². The molecule has 19 heavy (non-hydrogen) atoms. The summed E-state index contributed by atoms with van der Waals surface area (Å²) in [7, 11) is 1.57. The Morgan fingerprint density at radius 3 is 2.74 bits per heavy atom. The summed E-state index contributed by atoms with van der Waals surface area (Å²) in [5.74, 6) is 0.624. The van der Waals surface area contributed by atoms with Gasteiger partial charge in [-0.15, -0.1) is 0 Å². The largest absolute Gasteiger partial charge is 0.466 e. The SMILES string of the molecule is CCCc1cccc2ccc(C=O)c(OCOC)c12. The van der Waals surface area contributed by atoms with E-state index in [2.05, 4.69) is 13.0 Å². The van der Waals surface area contributed by atoms with Crippen LogP contribution in [0.1, 0.15) is 29.3 Å². The standard InChI is InChI=1S/C16H18O3/c1-3-5-12-6-4-7-13-8-9-14(10-17)16(15(12)13)19-11-18-2/h4,6-10H,3,5,11H2,1-2H3. The molecule has 0 N–H and O–H groups in total. The van der Waals surface area contributed by atoms with Gasteiger partial charge in [-0.25, -0.2) is 0 Å². The van der Waals surface area contributed by atoms with Crippen LogP contribution in [0, 0.1) is 0 Å². The van der Waals surface area contributed by atoms with E-state index < -0.39 is 0 Å². The molecule has 0 fully saturated rings. The van der Waals surface area contributed by atoms with Crippen molar-refractivity contribution in [1.29, 1.82) is 0 Å². The fourth-order valence-electron chi connectivity index (χ4n) is 2.28. The van der Waals surface area contributed by atoms with Crippen LogP contribution in [0.2, 0.25) is 0 Å². The lowest BCUT2D eigenvalue weighted by atomic mass is 9.98. The van der Waals surface area contributed by atoms with E-state index in [9.17, 15) is 4.79 Å². The summed E-state index contributed by atoms with van der Waals surface area (Å²) in [6.07, 6.45) is 2.84. The molecule has 0 saturated carbocycles. The number of fused-ring (bicyclic) bond motifs is 1. The van der Waals surface area contributed by atoms with Crippen molar-refractivity contribution < 1.29 is 14.3 Å². The summed E-state index contributed by atoms with van der Waals surface area (Å²) in [5, 5.41) is 2.11. The van der Waals surface area contributed by atoms with Crippen LogP contribution in [0.4, 0.5) is 0 Å². The van der Waals surface area contributed by atoms with Crippen LogP contribution in [-0.2, 0) is 11.2 Å². The lowest BCUT2D eigenvalue weighted by Gasteiger charge is -2.14. The smallest absolute Gasteiger partial charge is 0.188 e. The van der Waals surface area contributed by atoms with Gasteiger partial charge in [0.2, 0.25) is 0 Å². The van der Waals surface area contributed by atoms with Crippen molar-refractivity contribution in [2.24, 2.45) is 0 Å². The average molecular weight is 258 g/mol. The Hall–Kier alpha value is -1.87. The Morgan fingerprint density at radius 1 is 1.21 bits per heavy atom. The molecule has 0 spiro atoms. The first-order valence-corrected chi connectivity index (χ1v) is 6.43. The molecule has 2 rings (SSSR count). The molecule has 0 aliphatic carbocycles. The van der Waals surface area contributed by atoms with Gasteiger partial charge in [0.15, 0.2) is 13.1 Å². The Labute approximate surface area is 113 Å². The van der Waals surface area contributed by atoms with Crippen molar-refractivity contribution in [3.05, 3.63) is 41.5 Å². The van der Waals surface area contributed by atoms with Gasteiger partial charge in [0.25, 0.3) is 0 Å². The molecule has 0 aliphatic heterocycles. The number of hydrogen-bond acceptors (Lipinski definition) is 3. The van der Waals surface area contributed by atoms with Gasteiger partial charge in [0, 0.05) is 12.5 Å². The number of aryl methyl sites for hydroxylation is 1. The van der Waals surface area contributed by atoms with E-state index in [4.69, 9.17) is 9.47 Å². The molecule has 0 unspecified atom stereocenters. The first kappa shape index (κ1) is 13.6. The second-order valence-corrected chi connectivity index (χ2v) is 4.42. The van der Waals surface area contributed by atoms with Crippen LogP contribution >= 0.6 is 0 Å². The number of benzene rings is 2. The minimum atomic E-state index is 0.139. The zero-order chi connectivity index (χ0) is 13.7. The van der Waals surface area contributed by atoms with Crippen LogP contribution < -0.4 is 4.74 Å². The summed E-state index contributed by atoms with van der Waals surface area (Å²) in [6.45, 7) is 2.28. The Kier molecular flexibility index (Phi) is 4.53. The van der Waals surface area contributed by atoms with Gasteiger partial charge >= 0.3 is 0 Å². The van der Waals surface area contributed by atoms with Gasteiger partial charge < -0.3 is 9.47 Å².